The molecule has 0 spiro atoms. The van der Waals surface area contributed by atoms with Crippen LogP contribution in [-0.4, -0.2) is 5.11 Å². The van der Waals surface area contributed by atoms with Crippen LogP contribution in [0.1, 0.15) is 46.3 Å². The fourth-order valence-corrected chi connectivity index (χ4v) is 3.28. The van der Waals surface area contributed by atoms with Crippen molar-refractivity contribution >= 4 is 15.9 Å². The maximum Gasteiger partial charge on any atom is 0.0918 e. The molecule has 0 fully saturated rings. The summed E-state index contributed by atoms with van der Waals surface area (Å²) in [5.41, 5.74) is 5.86. The number of hydrogen-bond donors (Lipinski definition) is 1. The summed E-state index contributed by atoms with van der Waals surface area (Å²) < 4.78 is 1.03. The van der Waals surface area contributed by atoms with Crippen molar-refractivity contribution in [2.24, 2.45) is 5.41 Å². The zero-order valence-corrected chi connectivity index (χ0v) is 13.8. The van der Waals surface area contributed by atoms with E-state index in [2.05, 4.69) is 50.5 Å². The Labute approximate surface area is 124 Å². The van der Waals surface area contributed by atoms with E-state index in [4.69, 9.17) is 0 Å². The third-order valence-electron chi connectivity index (χ3n) is 4.98. The maximum atomic E-state index is 10.9. The zero-order chi connectivity index (χ0) is 14.4. The molecule has 2 heteroatoms. The predicted molar refractivity (Wildman–Crippen MR) is 84.0 cm³/mol. The first kappa shape index (κ1) is 14.5. The maximum absolute atomic E-state index is 10.9. The van der Waals surface area contributed by atoms with E-state index in [1.54, 1.807) is 0 Å². The average Bonchev–Trinajstić information content (AvgIpc) is 2.55. The van der Waals surface area contributed by atoms with Crippen LogP contribution < -0.4 is 0 Å². The standard InChI is InChI=1S/C17H21BrO/c1-10-11(2)13(4)17(5,12(10)3)16(19)14-6-8-15(18)9-7-14/h6-9,16,19H,1-5H3. The van der Waals surface area contributed by atoms with Crippen LogP contribution in [0.5, 0.6) is 0 Å². The fraction of sp³-hybridized carbons (Fsp3) is 0.412. The Hall–Kier alpha value is -0.860. The normalized spacial score (nSPS) is 20.2. The summed E-state index contributed by atoms with van der Waals surface area (Å²) >= 11 is 3.43. The summed E-state index contributed by atoms with van der Waals surface area (Å²) in [4.78, 5) is 0. The van der Waals surface area contributed by atoms with Gasteiger partial charge in [-0.05, 0) is 63.5 Å². The minimum absolute atomic E-state index is 0.290. The van der Waals surface area contributed by atoms with Gasteiger partial charge in [-0.1, -0.05) is 39.2 Å². The van der Waals surface area contributed by atoms with E-state index >= 15 is 0 Å². The van der Waals surface area contributed by atoms with E-state index in [0.29, 0.717) is 0 Å². The van der Waals surface area contributed by atoms with E-state index in [1.165, 1.54) is 22.3 Å². The van der Waals surface area contributed by atoms with E-state index in [0.717, 1.165) is 10.0 Å². The van der Waals surface area contributed by atoms with Gasteiger partial charge in [0.25, 0.3) is 0 Å². The monoisotopic (exact) mass is 320 g/mol. The molecule has 1 aliphatic carbocycles. The molecular weight excluding hydrogens is 300 g/mol. The average molecular weight is 321 g/mol. The molecule has 102 valence electrons. The topological polar surface area (TPSA) is 20.2 Å². The Morgan fingerprint density at radius 1 is 0.947 bits per heavy atom. The molecule has 1 nitrogen and oxygen atoms in total. The molecule has 19 heavy (non-hydrogen) atoms. The first-order chi connectivity index (χ1) is 8.80. The van der Waals surface area contributed by atoms with Crippen molar-refractivity contribution in [3.05, 3.63) is 56.6 Å². The molecule has 0 bridgehead atoms. The summed E-state index contributed by atoms with van der Waals surface area (Å²) in [7, 11) is 0. The number of rotatable bonds is 2. The van der Waals surface area contributed by atoms with Crippen LogP contribution in [-0.2, 0) is 0 Å². The second-order valence-corrected chi connectivity index (χ2v) is 6.57. The largest absolute Gasteiger partial charge is 0.387 e. The minimum Gasteiger partial charge on any atom is -0.387 e. The smallest absolute Gasteiger partial charge is 0.0918 e. The Balaban J connectivity index is 2.49. The van der Waals surface area contributed by atoms with Gasteiger partial charge in [-0.2, -0.15) is 0 Å². The molecule has 0 radical (unpaired) electrons. The van der Waals surface area contributed by atoms with Gasteiger partial charge in [-0.3, -0.25) is 0 Å². The lowest BCUT2D eigenvalue weighted by atomic mass is 9.72. The highest BCUT2D eigenvalue weighted by atomic mass is 79.9. The molecule has 0 heterocycles. The second-order valence-electron chi connectivity index (χ2n) is 5.66. The SMILES string of the molecule is CC1=C(C)C(C)(C(O)c2ccc(Br)cc2)C(C)=C1C. The zero-order valence-electron chi connectivity index (χ0n) is 12.2. The van der Waals surface area contributed by atoms with Crippen LogP contribution in [0.3, 0.4) is 0 Å². The molecule has 1 aromatic carbocycles. The van der Waals surface area contributed by atoms with Gasteiger partial charge in [0.15, 0.2) is 0 Å². The van der Waals surface area contributed by atoms with Crippen molar-refractivity contribution in [2.75, 3.05) is 0 Å². The highest BCUT2D eigenvalue weighted by Gasteiger charge is 2.42. The van der Waals surface area contributed by atoms with E-state index < -0.39 is 6.10 Å². The summed E-state index contributed by atoms with van der Waals surface area (Å²) in [5, 5.41) is 10.9. The highest BCUT2D eigenvalue weighted by molar-refractivity contribution is 9.10. The van der Waals surface area contributed by atoms with E-state index in [1.807, 2.05) is 24.3 Å². The molecule has 1 unspecified atom stereocenters. The molecule has 1 aliphatic rings. The number of aliphatic hydroxyl groups is 1. The van der Waals surface area contributed by atoms with Crippen LogP contribution in [0.2, 0.25) is 0 Å². The lowest BCUT2D eigenvalue weighted by Crippen LogP contribution is -2.26. The molecule has 0 aliphatic heterocycles. The quantitative estimate of drug-likeness (QED) is 0.796. The van der Waals surface area contributed by atoms with Gasteiger partial charge < -0.3 is 5.11 Å². The molecular formula is C17H21BrO. The van der Waals surface area contributed by atoms with Gasteiger partial charge in [0.05, 0.1) is 6.10 Å². The van der Waals surface area contributed by atoms with Gasteiger partial charge >= 0.3 is 0 Å². The Morgan fingerprint density at radius 2 is 1.37 bits per heavy atom. The first-order valence-corrected chi connectivity index (χ1v) is 7.39. The molecule has 1 atom stereocenters. The first-order valence-electron chi connectivity index (χ1n) is 6.60. The van der Waals surface area contributed by atoms with Crippen molar-refractivity contribution in [3.8, 4) is 0 Å². The van der Waals surface area contributed by atoms with Gasteiger partial charge in [-0.15, -0.1) is 0 Å². The van der Waals surface area contributed by atoms with Crippen molar-refractivity contribution in [1.29, 1.82) is 0 Å². The van der Waals surface area contributed by atoms with E-state index in [-0.39, 0.29) is 5.41 Å². The molecule has 0 aromatic heterocycles. The van der Waals surface area contributed by atoms with Crippen LogP contribution >= 0.6 is 15.9 Å². The van der Waals surface area contributed by atoms with Crippen LogP contribution in [0.4, 0.5) is 0 Å². The van der Waals surface area contributed by atoms with Crippen LogP contribution in [0.25, 0.3) is 0 Å². The lowest BCUT2D eigenvalue weighted by molar-refractivity contribution is 0.0867. The summed E-state index contributed by atoms with van der Waals surface area (Å²) in [6.07, 6.45) is -0.506. The molecule has 1 N–H and O–H groups in total. The van der Waals surface area contributed by atoms with Crippen molar-refractivity contribution in [2.45, 2.75) is 40.7 Å². The summed E-state index contributed by atoms with van der Waals surface area (Å²) in [6.45, 7) is 10.7. The Bertz CT molecular complexity index is 539. The van der Waals surface area contributed by atoms with Gasteiger partial charge in [-0.25, -0.2) is 0 Å². The van der Waals surface area contributed by atoms with Crippen molar-refractivity contribution in [3.63, 3.8) is 0 Å². The summed E-state index contributed by atoms with van der Waals surface area (Å²) in [5.74, 6) is 0. The molecule has 0 saturated carbocycles. The summed E-state index contributed by atoms with van der Waals surface area (Å²) in [6, 6.07) is 7.94. The predicted octanol–water partition coefficient (Wildman–Crippen LogP) is 5.18. The number of aliphatic hydroxyl groups excluding tert-OH is 1. The molecule has 0 saturated heterocycles. The van der Waals surface area contributed by atoms with Gasteiger partial charge in [0, 0.05) is 9.89 Å². The Morgan fingerprint density at radius 3 is 1.79 bits per heavy atom. The fourth-order valence-electron chi connectivity index (χ4n) is 3.01. The second kappa shape index (κ2) is 4.92. The number of benzene rings is 1. The van der Waals surface area contributed by atoms with Crippen LogP contribution in [0.15, 0.2) is 51.0 Å². The third kappa shape index (κ3) is 2.11. The minimum atomic E-state index is -0.506. The Kier molecular flexibility index (Phi) is 3.76. The molecule has 2 rings (SSSR count). The highest BCUT2D eigenvalue weighted by Crippen LogP contribution is 2.53. The van der Waals surface area contributed by atoms with Gasteiger partial charge in [0.2, 0.25) is 0 Å². The van der Waals surface area contributed by atoms with Crippen molar-refractivity contribution in [1.82, 2.24) is 0 Å². The van der Waals surface area contributed by atoms with Crippen molar-refractivity contribution < 1.29 is 5.11 Å². The lowest BCUT2D eigenvalue weighted by Gasteiger charge is -2.35. The van der Waals surface area contributed by atoms with Gasteiger partial charge in [0.1, 0.15) is 0 Å². The third-order valence-corrected chi connectivity index (χ3v) is 5.51. The number of halogens is 1. The molecule has 0 amide bonds. The number of hydrogen-bond acceptors (Lipinski definition) is 1. The van der Waals surface area contributed by atoms with Crippen LogP contribution in [0, 0.1) is 5.41 Å². The molecule has 1 aromatic rings. The van der Waals surface area contributed by atoms with E-state index in [9.17, 15) is 5.11 Å². The number of allylic oxidation sites excluding steroid dienone is 2.